The Labute approximate surface area is 117 Å². The number of nitrogens with zero attached hydrogens (tertiary/aromatic N) is 3. The van der Waals surface area contributed by atoms with E-state index >= 15 is 0 Å². The summed E-state index contributed by atoms with van der Waals surface area (Å²) in [5.41, 5.74) is -0.0460. The first-order valence-electron chi connectivity index (χ1n) is 5.90. The van der Waals surface area contributed by atoms with Gasteiger partial charge in [-0.1, -0.05) is 25.4 Å². The van der Waals surface area contributed by atoms with Gasteiger partial charge in [0.15, 0.2) is 0 Å². The molecule has 106 valence electrons. The van der Waals surface area contributed by atoms with Crippen molar-refractivity contribution in [2.45, 2.75) is 13.8 Å². The van der Waals surface area contributed by atoms with E-state index in [1.165, 1.54) is 12.1 Å². The van der Waals surface area contributed by atoms with Crippen LogP contribution in [0.5, 0.6) is 0 Å². The molecule has 0 saturated carbocycles. The second-order valence-corrected chi connectivity index (χ2v) is 5.93. The lowest BCUT2D eigenvalue weighted by molar-refractivity contribution is -0.384. The minimum atomic E-state index is -0.482. The van der Waals surface area contributed by atoms with Crippen LogP contribution in [-0.2, 0) is 0 Å². The van der Waals surface area contributed by atoms with Crippen molar-refractivity contribution in [2.24, 2.45) is 5.41 Å². The molecule has 0 saturated heterocycles. The Morgan fingerprint density at radius 1 is 1.47 bits per heavy atom. The zero-order valence-corrected chi connectivity index (χ0v) is 12.4. The molecule has 0 aromatic carbocycles. The maximum absolute atomic E-state index is 10.7. The van der Waals surface area contributed by atoms with E-state index in [1.807, 2.05) is 14.1 Å². The first-order chi connectivity index (χ1) is 8.69. The van der Waals surface area contributed by atoms with Gasteiger partial charge in [0.05, 0.1) is 17.1 Å². The van der Waals surface area contributed by atoms with Crippen LogP contribution in [0.1, 0.15) is 13.8 Å². The van der Waals surface area contributed by atoms with Crippen LogP contribution in [0.3, 0.4) is 0 Å². The van der Waals surface area contributed by atoms with Gasteiger partial charge in [-0.15, -0.1) is 0 Å². The van der Waals surface area contributed by atoms with Crippen molar-refractivity contribution in [3.05, 3.63) is 27.4 Å². The fourth-order valence-electron chi connectivity index (χ4n) is 1.92. The van der Waals surface area contributed by atoms with Crippen LogP contribution < -0.4 is 5.32 Å². The lowest BCUT2D eigenvalue weighted by Gasteiger charge is -2.28. The molecule has 0 bridgehead atoms. The Morgan fingerprint density at radius 2 is 2.11 bits per heavy atom. The molecule has 1 aromatic rings. The van der Waals surface area contributed by atoms with Crippen molar-refractivity contribution in [1.29, 1.82) is 0 Å². The van der Waals surface area contributed by atoms with Gasteiger partial charge in [0.1, 0.15) is 11.0 Å². The lowest BCUT2D eigenvalue weighted by Crippen LogP contribution is -2.34. The average molecular weight is 287 g/mol. The van der Waals surface area contributed by atoms with Crippen molar-refractivity contribution in [3.8, 4) is 0 Å². The van der Waals surface area contributed by atoms with E-state index in [1.54, 1.807) is 0 Å². The van der Waals surface area contributed by atoms with E-state index < -0.39 is 4.92 Å². The molecule has 19 heavy (non-hydrogen) atoms. The first kappa shape index (κ1) is 15.7. The number of anilines is 1. The number of nitrogens with one attached hydrogen (secondary N) is 1. The predicted molar refractivity (Wildman–Crippen MR) is 76.7 cm³/mol. The highest BCUT2D eigenvalue weighted by Crippen LogP contribution is 2.22. The van der Waals surface area contributed by atoms with Crippen molar-refractivity contribution >= 4 is 23.1 Å². The molecule has 6 nitrogen and oxygen atoms in total. The molecule has 0 aliphatic rings. The molecular weight excluding hydrogens is 268 g/mol. The van der Waals surface area contributed by atoms with E-state index in [0.29, 0.717) is 12.4 Å². The van der Waals surface area contributed by atoms with Gasteiger partial charge in [0, 0.05) is 13.1 Å². The van der Waals surface area contributed by atoms with E-state index in [-0.39, 0.29) is 16.3 Å². The van der Waals surface area contributed by atoms with Gasteiger partial charge in [-0.3, -0.25) is 10.1 Å². The molecule has 0 aliphatic heterocycles. The molecule has 1 heterocycles. The maximum atomic E-state index is 10.7. The summed E-state index contributed by atoms with van der Waals surface area (Å²) in [6.07, 6.45) is 0. The third-order valence-electron chi connectivity index (χ3n) is 2.48. The SMILES string of the molecule is CN(C)CC(C)(C)CNc1cc([N+](=O)[O-])cc(Cl)n1. The Bertz CT molecular complexity index is 463. The second kappa shape index (κ2) is 6.16. The molecule has 1 rings (SSSR count). The van der Waals surface area contributed by atoms with Crippen LogP contribution >= 0.6 is 11.6 Å². The summed E-state index contributed by atoms with van der Waals surface area (Å²) >= 11 is 5.76. The molecule has 1 N–H and O–H groups in total. The Hall–Kier alpha value is -1.40. The van der Waals surface area contributed by atoms with Crippen molar-refractivity contribution < 1.29 is 4.92 Å². The standard InChI is InChI=1S/C12H19ClN4O2/c1-12(2,8-16(3)4)7-14-11-6-9(17(18)19)5-10(13)15-11/h5-6H,7-8H2,1-4H3,(H,14,15). The molecular formula is C12H19ClN4O2. The molecule has 0 spiro atoms. The van der Waals surface area contributed by atoms with Gasteiger partial charge in [-0.05, 0) is 19.5 Å². The van der Waals surface area contributed by atoms with Gasteiger partial charge in [-0.25, -0.2) is 4.98 Å². The summed E-state index contributed by atoms with van der Waals surface area (Å²) in [6, 6.07) is 2.62. The van der Waals surface area contributed by atoms with E-state index in [2.05, 4.69) is 29.0 Å². The predicted octanol–water partition coefficient (Wildman–Crippen LogP) is 2.64. The fourth-order valence-corrected chi connectivity index (χ4v) is 2.12. The fraction of sp³-hybridized carbons (Fsp3) is 0.583. The smallest absolute Gasteiger partial charge is 0.276 e. The Balaban J connectivity index is 2.75. The Kier molecular flexibility index (Phi) is 5.08. The topological polar surface area (TPSA) is 71.3 Å². The van der Waals surface area contributed by atoms with Gasteiger partial charge < -0.3 is 10.2 Å². The minimum absolute atomic E-state index is 0.0161. The monoisotopic (exact) mass is 286 g/mol. The minimum Gasteiger partial charge on any atom is -0.369 e. The van der Waals surface area contributed by atoms with Crippen LogP contribution in [0.4, 0.5) is 11.5 Å². The number of nitro groups is 1. The molecule has 1 aromatic heterocycles. The summed E-state index contributed by atoms with van der Waals surface area (Å²) in [5.74, 6) is 0.422. The van der Waals surface area contributed by atoms with Gasteiger partial charge >= 0.3 is 0 Å². The van der Waals surface area contributed by atoms with Crippen molar-refractivity contribution in [3.63, 3.8) is 0 Å². The summed E-state index contributed by atoms with van der Waals surface area (Å²) < 4.78 is 0. The van der Waals surface area contributed by atoms with E-state index in [4.69, 9.17) is 11.6 Å². The number of hydrogen-bond donors (Lipinski definition) is 1. The summed E-state index contributed by atoms with van der Waals surface area (Å²) in [4.78, 5) is 16.4. The number of aromatic nitrogens is 1. The van der Waals surface area contributed by atoms with Crippen LogP contribution in [-0.4, -0.2) is 42.0 Å². The first-order valence-corrected chi connectivity index (χ1v) is 6.28. The highest BCUT2D eigenvalue weighted by molar-refractivity contribution is 6.29. The molecule has 0 atom stereocenters. The highest BCUT2D eigenvalue weighted by Gasteiger charge is 2.19. The van der Waals surface area contributed by atoms with E-state index in [0.717, 1.165) is 6.54 Å². The van der Waals surface area contributed by atoms with Gasteiger partial charge in [0.25, 0.3) is 5.69 Å². The zero-order valence-electron chi connectivity index (χ0n) is 11.6. The molecule has 0 aliphatic carbocycles. The van der Waals surface area contributed by atoms with Crippen LogP contribution in [0.15, 0.2) is 12.1 Å². The number of rotatable bonds is 6. The third kappa shape index (κ3) is 5.40. The summed E-state index contributed by atoms with van der Waals surface area (Å²) in [6.45, 7) is 5.76. The number of halogens is 1. The summed E-state index contributed by atoms with van der Waals surface area (Å²) in [7, 11) is 4.01. The van der Waals surface area contributed by atoms with Crippen LogP contribution in [0, 0.1) is 15.5 Å². The normalized spacial score (nSPS) is 11.7. The number of pyridine rings is 1. The second-order valence-electron chi connectivity index (χ2n) is 5.55. The molecule has 0 unspecified atom stereocenters. The lowest BCUT2D eigenvalue weighted by atomic mass is 9.93. The largest absolute Gasteiger partial charge is 0.369 e. The zero-order chi connectivity index (χ0) is 14.6. The average Bonchev–Trinajstić information content (AvgIpc) is 2.24. The molecule has 0 fully saturated rings. The van der Waals surface area contributed by atoms with Crippen LogP contribution in [0.25, 0.3) is 0 Å². The van der Waals surface area contributed by atoms with Crippen LogP contribution in [0.2, 0.25) is 5.15 Å². The highest BCUT2D eigenvalue weighted by atomic mass is 35.5. The third-order valence-corrected chi connectivity index (χ3v) is 2.68. The molecule has 7 heteroatoms. The molecule has 0 amide bonds. The summed E-state index contributed by atoms with van der Waals surface area (Å²) in [5, 5.41) is 13.9. The van der Waals surface area contributed by atoms with Gasteiger partial charge in [0.2, 0.25) is 0 Å². The quantitative estimate of drug-likeness (QED) is 0.494. The maximum Gasteiger partial charge on any atom is 0.276 e. The van der Waals surface area contributed by atoms with E-state index in [9.17, 15) is 10.1 Å². The Morgan fingerprint density at radius 3 is 2.63 bits per heavy atom. The molecule has 0 radical (unpaired) electrons. The van der Waals surface area contributed by atoms with Crippen molar-refractivity contribution in [1.82, 2.24) is 9.88 Å². The number of hydrogen-bond acceptors (Lipinski definition) is 5. The van der Waals surface area contributed by atoms with Gasteiger partial charge in [-0.2, -0.15) is 0 Å². The van der Waals surface area contributed by atoms with Crippen molar-refractivity contribution in [2.75, 3.05) is 32.5 Å².